The SMILES string of the molecule is Nc1nc2c(ncn2C2OC3CCC[C@@H]4C[C@H](n5cnc6c5N=CNC6N)OC4COP(=O)(O)OC2C3O)c(=O)[nH]1. The summed E-state index contributed by atoms with van der Waals surface area (Å²) in [6.07, 6.45) is 0.803. The van der Waals surface area contributed by atoms with Gasteiger partial charge in [-0.05, 0) is 25.2 Å². The maximum absolute atomic E-state index is 13.1. The van der Waals surface area contributed by atoms with E-state index in [1.165, 1.54) is 17.2 Å². The molecule has 3 fully saturated rings. The van der Waals surface area contributed by atoms with Gasteiger partial charge in [0.2, 0.25) is 5.95 Å². The van der Waals surface area contributed by atoms with Crippen molar-refractivity contribution in [3.63, 3.8) is 0 Å². The number of phosphoric ester groups is 1. The Morgan fingerprint density at radius 1 is 1.15 bits per heavy atom. The lowest BCUT2D eigenvalue weighted by Crippen LogP contribution is -2.34. The van der Waals surface area contributed by atoms with Crippen LogP contribution in [-0.4, -0.2) is 76.4 Å². The summed E-state index contributed by atoms with van der Waals surface area (Å²) < 4.78 is 39.6. The third-order valence-electron chi connectivity index (χ3n) is 7.96. The molecule has 19 heteroatoms. The number of rotatable bonds is 2. The molecule has 4 aliphatic heterocycles. The van der Waals surface area contributed by atoms with Gasteiger partial charge in [0, 0.05) is 0 Å². The molecule has 7 heterocycles. The van der Waals surface area contributed by atoms with E-state index in [2.05, 4.69) is 30.2 Å². The van der Waals surface area contributed by atoms with E-state index < -0.39 is 56.4 Å². The van der Waals surface area contributed by atoms with Crippen molar-refractivity contribution in [2.24, 2.45) is 16.6 Å². The van der Waals surface area contributed by atoms with Gasteiger partial charge in [-0.1, -0.05) is 6.42 Å². The molecule has 41 heavy (non-hydrogen) atoms. The number of imidazole rings is 2. The molecule has 0 saturated carbocycles. The van der Waals surface area contributed by atoms with E-state index in [1.54, 1.807) is 10.9 Å². The highest BCUT2D eigenvalue weighted by molar-refractivity contribution is 7.47. The fourth-order valence-corrected chi connectivity index (χ4v) is 6.92. The summed E-state index contributed by atoms with van der Waals surface area (Å²) in [5.41, 5.74) is 11.9. The maximum Gasteiger partial charge on any atom is 0.472 e. The molecule has 7 unspecified atom stereocenters. The summed E-state index contributed by atoms with van der Waals surface area (Å²) in [7, 11) is -4.73. The predicted octanol–water partition coefficient (Wildman–Crippen LogP) is -0.333. The van der Waals surface area contributed by atoms with Gasteiger partial charge in [0.25, 0.3) is 5.56 Å². The van der Waals surface area contributed by atoms with Crippen LogP contribution in [0, 0.1) is 5.92 Å². The number of aliphatic hydroxyl groups is 1. The van der Waals surface area contributed by atoms with E-state index >= 15 is 0 Å². The van der Waals surface area contributed by atoms with Gasteiger partial charge in [0.1, 0.15) is 30.3 Å². The number of aromatic nitrogens is 6. The number of nitrogens with two attached hydrogens (primary N) is 2. The van der Waals surface area contributed by atoms with Gasteiger partial charge in [-0.3, -0.25) is 28.0 Å². The molecule has 2 bridgehead atoms. The summed E-state index contributed by atoms with van der Waals surface area (Å²) in [6.45, 7) is -0.227. The summed E-state index contributed by atoms with van der Waals surface area (Å²) in [5, 5.41) is 14.0. The van der Waals surface area contributed by atoms with Crippen LogP contribution in [-0.2, 0) is 23.1 Å². The highest BCUT2D eigenvalue weighted by Crippen LogP contribution is 2.51. The molecule has 3 saturated heterocycles. The Morgan fingerprint density at radius 3 is 2.83 bits per heavy atom. The monoisotopic (exact) mass is 592 g/mol. The van der Waals surface area contributed by atoms with Crippen molar-refractivity contribution in [2.45, 2.75) is 68.7 Å². The Hall–Kier alpha value is -3.22. The third-order valence-corrected chi connectivity index (χ3v) is 8.95. The maximum atomic E-state index is 13.1. The number of fused-ring (bicyclic) bond motifs is 5. The van der Waals surface area contributed by atoms with Gasteiger partial charge in [0.05, 0.1) is 37.8 Å². The lowest BCUT2D eigenvalue weighted by atomic mass is 9.93. The zero-order chi connectivity index (χ0) is 28.5. The Kier molecular flexibility index (Phi) is 6.47. The van der Waals surface area contributed by atoms with Crippen LogP contribution < -0.4 is 22.3 Å². The fraction of sp³-hybridized carbons (Fsp3) is 0.591. The van der Waals surface area contributed by atoms with Crippen LogP contribution >= 0.6 is 7.82 Å². The Morgan fingerprint density at radius 2 is 1.98 bits per heavy atom. The van der Waals surface area contributed by atoms with E-state index in [0.29, 0.717) is 37.2 Å². The predicted molar refractivity (Wildman–Crippen MR) is 139 cm³/mol. The number of phosphoric acid groups is 1. The van der Waals surface area contributed by atoms with Crippen molar-refractivity contribution in [3.8, 4) is 0 Å². The average Bonchev–Trinajstić information content (AvgIpc) is 3.69. The van der Waals surface area contributed by atoms with Gasteiger partial charge in [-0.25, -0.2) is 19.5 Å². The van der Waals surface area contributed by atoms with Crippen LogP contribution in [0.4, 0.5) is 11.8 Å². The summed E-state index contributed by atoms with van der Waals surface area (Å²) in [5.74, 6) is 0.394. The first-order valence-electron chi connectivity index (χ1n) is 13.2. The molecule has 0 aliphatic carbocycles. The zero-order valence-electron chi connectivity index (χ0n) is 21.5. The molecular weight excluding hydrogens is 563 g/mol. The number of aromatic amines is 1. The second-order valence-electron chi connectivity index (χ2n) is 10.5. The first kappa shape index (κ1) is 26.7. The smallest absolute Gasteiger partial charge is 0.387 e. The first-order chi connectivity index (χ1) is 19.7. The number of nitrogens with one attached hydrogen (secondary N) is 2. The van der Waals surface area contributed by atoms with Gasteiger partial charge in [-0.2, -0.15) is 4.98 Å². The fourth-order valence-electron chi connectivity index (χ4n) is 5.98. The van der Waals surface area contributed by atoms with E-state index in [0.717, 1.165) is 0 Å². The van der Waals surface area contributed by atoms with E-state index in [-0.39, 0.29) is 29.6 Å². The van der Waals surface area contributed by atoms with Crippen LogP contribution in [0.3, 0.4) is 0 Å². The molecule has 4 aliphatic rings. The molecule has 0 radical (unpaired) electrons. The van der Waals surface area contributed by atoms with Crippen molar-refractivity contribution in [1.82, 2.24) is 34.4 Å². The van der Waals surface area contributed by atoms with Crippen molar-refractivity contribution >= 4 is 37.1 Å². The summed E-state index contributed by atoms with van der Waals surface area (Å²) in [4.78, 5) is 42.2. The lowest BCUT2D eigenvalue weighted by Gasteiger charge is -2.26. The highest BCUT2D eigenvalue weighted by atomic mass is 31.2. The molecule has 0 spiro atoms. The molecule has 18 nitrogen and oxygen atoms in total. The molecule has 220 valence electrons. The van der Waals surface area contributed by atoms with Crippen LogP contribution in [0.25, 0.3) is 11.2 Å². The van der Waals surface area contributed by atoms with E-state index in [9.17, 15) is 19.4 Å². The average molecular weight is 593 g/mol. The van der Waals surface area contributed by atoms with Gasteiger partial charge in [0.15, 0.2) is 23.2 Å². The largest absolute Gasteiger partial charge is 0.472 e. The molecule has 3 aromatic heterocycles. The highest BCUT2D eigenvalue weighted by Gasteiger charge is 2.50. The van der Waals surface area contributed by atoms with Crippen LogP contribution in [0.2, 0.25) is 0 Å². The third kappa shape index (κ3) is 4.65. The van der Waals surface area contributed by atoms with Crippen molar-refractivity contribution < 1.29 is 33.1 Å². The zero-order valence-corrected chi connectivity index (χ0v) is 22.4. The Bertz CT molecular complexity index is 1610. The summed E-state index contributed by atoms with van der Waals surface area (Å²) in [6, 6.07) is 0. The number of hydrogen-bond donors (Lipinski definition) is 6. The first-order valence-corrected chi connectivity index (χ1v) is 14.7. The molecule has 7 rings (SSSR count). The van der Waals surface area contributed by atoms with E-state index in [1.807, 2.05) is 0 Å². The quantitative estimate of drug-likeness (QED) is 0.208. The Balaban J connectivity index is 1.14. The number of ether oxygens (including phenoxy) is 2. The van der Waals surface area contributed by atoms with E-state index in [4.69, 9.17) is 30.0 Å². The standard InChI is InChI=1S/C22H29N10O8P/c23-17-13-18(26-6-25-17)31(7-27-13)12-4-9-2-1-3-10-15(33)16(40-41(35,36)37-5-11(9)38-12)21(39-10)32-8-28-14-19(32)29-22(24)30-20(14)34/h6-12,15-17,21,33H,1-5,23H2,(H,25,26)(H,35,36)(H3,24,29,30,34)/t9-,10?,11?,12-,15?,16?,17?,21?/m1/s1. The molecular formula is C22H29N10O8P. The molecule has 0 amide bonds. The minimum absolute atomic E-state index is 0.0107. The lowest BCUT2D eigenvalue weighted by molar-refractivity contribution is -0.0474. The molecule has 8 N–H and O–H groups in total. The van der Waals surface area contributed by atoms with Gasteiger partial charge >= 0.3 is 7.82 Å². The minimum atomic E-state index is -4.73. The van der Waals surface area contributed by atoms with Crippen molar-refractivity contribution in [3.05, 3.63) is 28.7 Å². The number of H-pyrrole nitrogens is 1. The number of aliphatic hydroxyl groups excluding tert-OH is 1. The second-order valence-corrected chi connectivity index (χ2v) is 11.9. The van der Waals surface area contributed by atoms with Gasteiger partial charge < -0.3 is 36.3 Å². The van der Waals surface area contributed by atoms with Crippen molar-refractivity contribution in [2.75, 3.05) is 12.3 Å². The molecule has 0 aromatic carbocycles. The number of nitrogens with zero attached hydrogens (tertiary/aromatic N) is 6. The number of aliphatic imine (C=N–C) groups is 1. The minimum Gasteiger partial charge on any atom is -0.387 e. The van der Waals surface area contributed by atoms with Crippen LogP contribution in [0.5, 0.6) is 0 Å². The van der Waals surface area contributed by atoms with Crippen LogP contribution in [0.15, 0.2) is 22.4 Å². The second kappa shape index (κ2) is 9.95. The summed E-state index contributed by atoms with van der Waals surface area (Å²) >= 11 is 0. The molecule has 9 atom stereocenters. The number of anilines is 1. The topological polar surface area (TPSA) is 252 Å². The van der Waals surface area contributed by atoms with Crippen LogP contribution in [0.1, 0.15) is 50.0 Å². The van der Waals surface area contributed by atoms with Crippen molar-refractivity contribution in [1.29, 1.82) is 0 Å². The normalized spacial score (nSPS) is 37.2. The Labute approximate surface area is 231 Å². The number of hydrogen-bond acceptors (Lipinski definition) is 14. The van der Waals surface area contributed by atoms with Gasteiger partial charge in [-0.15, -0.1) is 0 Å². The number of nitrogen functional groups attached to an aromatic ring is 1. The molecule has 3 aromatic rings.